The summed E-state index contributed by atoms with van der Waals surface area (Å²) in [4.78, 5) is 3.45. The van der Waals surface area contributed by atoms with Gasteiger partial charge in [0.25, 0.3) is 0 Å². The van der Waals surface area contributed by atoms with Crippen LogP contribution in [0, 0.1) is 0 Å². The highest BCUT2D eigenvalue weighted by molar-refractivity contribution is 9.10. The molecule has 0 spiro atoms. The van der Waals surface area contributed by atoms with Crippen LogP contribution in [0.5, 0.6) is 0 Å². The number of rotatable bonds is 1. The Labute approximate surface area is 80.5 Å². The van der Waals surface area contributed by atoms with Crippen LogP contribution in [0.4, 0.5) is 13.2 Å². The number of nitrogens with zero attached hydrogens (tertiary/aromatic N) is 1. The average molecular weight is 256 g/mol. The summed E-state index contributed by atoms with van der Waals surface area (Å²) >= 11 is 2.88. The molecule has 0 unspecified atom stereocenters. The van der Waals surface area contributed by atoms with Gasteiger partial charge in [-0.3, -0.25) is 4.98 Å². The van der Waals surface area contributed by atoms with E-state index in [1.165, 1.54) is 0 Å². The quantitative estimate of drug-likeness (QED) is 0.836. The van der Waals surface area contributed by atoms with Crippen molar-refractivity contribution in [2.24, 2.45) is 0 Å². The van der Waals surface area contributed by atoms with Crippen molar-refractivity contribution in [1.82, 2.24) is 4.98 Å². The third-order valence-corrected chi connectivity index (χ3v) is 2.08. The molecule has 0 aromatic carbocycles. The molecule has 0 bridgehead atoms. The third kappa shape index (κ3) is 2.41. The van der Waals surface area contributed by atoms with Crippen LogP contribution in [0.2, 0.25) is 0 Å². The SMILES string of the molecule is OCc1ncc(C(F)(F)F)cc1Br. The maximum Gasteiger partial charge on any atom is 0.417 e. The van der Waals surface area contributed by atoms with E-state index < -0.39 is 18.3 Å². The smallest absolute Gasteiger partial charge is 0.390 e. The molecule has 1 aromatic heterocycles. The van der Waals surface area contributed by atoms with E-state index in [0.29, 0.717) is 6.20 Å². The first-order valence-corrected chi connectivity index (χ1v) is 4.07. The molecular weight excluding hydrogens is 251 g/mol. The maximum absolute atomic E-state index is 12.1. The van der Waals surface area contributed by atoms with Gasteiger partial charge < -0.3 is 5.11 Å². The number of aliphatic hydroxyl groups is 1. The van der Waals surface area contributed by atoms with Crippen LogP contribution in [0.3, 0.4) is 0 Å². The summed E-state index contributed by atoms with van der Waals surface area (Å²) in [5.74, 6) is 0. The zero-order valence-electron chi connectivity index (χ0n) is 6.27. The fraction of sp³-hybridized carbons (Fsp3) is 0.286. The van der Waals surface area contributed by atoms with E-state index in [9.17, 15) is 13.2 Å². The monoisotopic (exact) mass is 255 g/mol. The second-order valence-corrected chi connectivity index (χ2v) is 3.16. The van der Waals surface area contributed by atoms with Gasteiger partial charge in [-0.05, 0) is 22.0 Å². The van der Waals surface area contributed by atoms with Gasteiger partial charge in [0.2, 0.25) is 0 Å². The molecule has 1 aromatic rings. The number of aliphatic hydroxyl groups excluding tert-OH is 1. The Bertz CT molecular complexity index is 313. The molecule has 0 amide bonds. The molecule has 72 valence electrons. The van der Waals surface area contributed by atoms with Crippen molar-refractivity contribution in [3.05, 3.63) is 28.0 Å². The number of hydrogen-bond acceptors (Lipinski definition) is 2. The first kappa shape index (κ1) is 10.5. The van der Waals surface area contributed by atoms with Crippen molar-refractivity contribution >= 4 is 15.9 Å². The number of hydrogen-bond donors (Lipinski definition) is 1. The van der Waals surface area contributed by atoms with E-state index in [1.54, 1.807) is 0 Å². The number of pyridine rings is 1. The lowest BCUT2D eigenvalue weighted by molar-refractivity contribution is -0.137. The Morgan fingerprint density at radius 1 is 1.46 bits per heavy atom. The highest BCUT2D eigenvalue weighted by Crippen LogP contribution is 2.30. The van der Waals surface area contributed by atoms with Crippen molar-refractivity contribution in [2.75, 3.05) is 0 Å². The van der Waals surface area contributed by atoms with Crippen LogP contribution in [0.25, 0.3) is 0 Å². The Balaban J connectivity index is 3.10. The molecule has 1 rings (SSSR count). The number of aromatic nitrogens is 1. The first-order chi connectivity index (χ1) is 5.95. The van der Waals surface area contributed by atoms with Gasteiger partial charge in [0.05, 0.1) is 17.9 Å². The summed E-state index contributed by atoms with van der Waals surface area (Å²) in [6.45, 7) is -0.390. The molecule has 0 radical (unpaired) electrons. The molecule has 2 nitrogen and oxygen atoms in total. The Morgan fingerprint density at radius 2 is 2.08 bits per heavy atom. The second-order valence-electron chi connectivity index (χ2n) is 2.31. The number of alkyl halides is 3. The van der Waals surface area contributed by atoms with Crippen LogP contribution in [-0.4, -0.2) is 10.1 Å². The Kier molecular flexibility index (Phi) is 2.92. The lowest BCUT2D eigenvalue weighted by Gasteiger charge is -2.07. The summed E-state index contributed by atoms with van der Waals surface area (Å²) < 4.78 is 36.4. The first-order valence-electron chi connectivity index (χ1n) is 3.27. The molecule has 6 heteroatoms. The van der Waals surface area contributed by atoms with Crippen LogP contribution in [-0.2, 0) is 12.8 Å². The summed E-state index contributed by atoms with van der Waals surface area (Å²) in [7, 11) is 0. The lowest BCUT2D eigenvalue weighted by atomic mass is 10.2. The molecule has 1 heterocycles. The summed E-state index contributed by atoms with van der Waals surface area (Å²) in [5.41, 5.74) is -0.649. The normalized spacial score (nSPS) is 11.8. The molecule has 0 aliphatic rings. The van der Waals surface area contributed by atoms with Crippen molar-refractivity contribution in [1.29, 1.82) is 0 Å². The van der Waals surface area contributed by atoms with E-state index in [2.05, 4.69) is 20.9 Å². The molecule has 0 aliphatic carbocycles. The minimum Gasteiger partial charge on any atom is -0.390 e. The van der Waals surface area contributed by atoms with Crippen LogP contribution < -0.4 is 0 Å². The largest absolute Gasteiger partial charge is 0.417 e. The third-order valence-electron chi connectivity index (χ3n) is 1.39. The topological polar surface area (TPSA) is 33.1 Å². The van der Waals surface area contributed by atoms with Crippen molar-refractivity contribution < 1.29 is 18.3 Å². The standard InChI is InChI=1S/C7H5BrF3NO/c8-5-1-4(7(9,10)11)2-12-6(5)3-13/h1-2,13H,3H2. The van der Waals surface area contributed by atoms with E-state index in [4.69, 9.17) is 5.11 Å². The molecule has 0 fully saturated rings. The van der Waals surface area contributed by atoms with Crippen molar-refractivity contribution in [3.8, 4) is 0 Å². The molecule has 0 aliphatic heterocycles. The average Bonchev–Trinajstić information content (AvgIpc) is 2.02. The van der Waals surface area contributed by atoms with Gasteiger partial charge in [-0.25, -0.2) is 0 Å². The summed E-state index contributed by atoms with van der Waals surface area (Å²) in [6, 6.07) is 0.887. The predicted molar refractivity (Wildman–Crippen MR) is 42.9 cm³/mol. The fourth-order valence-corrected chi connectivity index (χ4v) is 1.21. The zero-order chi connectivity index (χ0) is 10.1. The van der Waals surface area contributed by atoms with Gasteiger partial charge in [0.1, 0.15) is 0 Å². The van der Waals surface area contributed by atoms with E-state index >= 15 is 0 Å². The van der Waals surface area contributed by atoms with E-state index in [0.717, 1.165) is 6.07 Å². The fourth-order valence-electron chi connectivity index (χ4n) is 0.738. The highest BCUT2D eigenvalue weighted by Gasteiger charge is 2.31. The summed E-state index contributed by atoms with van der Waals surface area (Å²) in [6.07, 6.45) is -3.71. The lowest BCUT2D eigenvalue weighted by Crippen LogP contribution is -2.06. The molecule has 13 heavy (non-hydrogen) atoms. The second kappa shape index (κ2) is 3.63. The minimum atomic E-state index is -4.40. The van der Waals surface area contributed by atoms with Gasteiger partial charge in [-0.2, -0.15) is 13.2 Å². The number of halogens is 4. The minimum absolute atomic E-state index is 0.157. The van der Waals surface area contributed by atoms with E-state index in [-0.39, 0.29) is 10.2 Å². The van der Waals surface area contributed by atoms with Crippen LogP contribution >= 0.6 is 15.9 Å². The molecule has 0 saturated heterocycles. The Morgan fingerprint density at radius 3 is 2.46 bits per heavy atom. The van der Waals surface area contributed by atoms with Gasteiger partial charge in [-0.15, -0.1) is 0 Å². The highest BCUT2D eigenvalue weighted by atomic mass is 79.9. The summed E-state index contributed by atoms with van der Waals surface area (Å²) in [5, 5.41) is 8.64. The zero-order valence-corrected chi connectivity index (χ0v) is 7.85. The molecule has 0 saturated carbocycles. The van der Waals surface area contributed by atoms with Gasteiger partial charge in [0.15, 0.2) is 0 Å². The van der Waals surface area contributed by atoms with E-state index in [1.807, 2.05) is 0 Å². The van der Waals surface area contributed by atoms with Gasteiger partial charge >= 0.3 is 6.18 Å². The van der Waals surface area contributed by atoms with Crippen LogP contribution in [0.1, 0.15) is 11.3 Å². The van der Waals surface area contributed by atoms with Crippen molar-refractivity contribution in [3.63, 3.8) is 0 Å². The van der Waals surface area contributed by atoms with Crippen molar-refractivity contribution in [2.45, 2.75) is 12.8 Å². The van der Waals surface area contributed by atoms with Gasteiger partial charge in [0, 0.05) is 10.7 Å². The Hall–Kier alpha value is -0.620. The predicted octanol–water partition coefficient (Wildman–Crippen LogP) is 2.36. The molecule has 1 N–H and O–H groups in total. The maximum atomic E-state index is 12.1. The molecule has 0 atom stereocenters. The van der Waals surface area contributed by atoms with Gasteiger partial charge in [-0.1, -0.05) is 0 Å². The van der Waals surface area contributed by atoms with Crippen LogP contribution in [0.15, 0.2) is 16.7 Å². The molecular formula is C7H5BrF3NO.